The highest BCUT2D eigenvalue weighted by atomic mass is 32.2. The van der Waals surface area contributed by atoms with E-state index in [1.807, 2.05) is 0 Å². The maximum atomic E-state index is 12.4. The van der Waals surface area contributed by atoms with Crippen LogP contribution in [0.25, 0.3) is 0 Å². The topological polar surface area (TPSA) is 95.5 Å². The normalized spacial score (nSPS) is 13.5. The Morgan fingerprint density at radius 3 is 2.38 bits per heavy atom. The molecular weight excluding hydrogens is 369 g/mol. The number of nitrogens with one attached hydrogen (secondary N) is 2. The molecule has 0 aromatic heterocycles. The molecule has 3 N–H and O–H groups in total. The first-order valence-corrected chi connectivity index (χ1v) is 9.33. The Bertz CT molecular complexity index is 648. The zero-order valence-corrected chi connectivity index (χ0v) is 14.3. The first kappa shape index (κ1) is 20.7. The lowest BCUT2D eigenvalue weighted by atomic mass is 10.2. The van der Waals surface area contributed by atoms with Gasteiger partial charge < -0.3 is 0 Å². The van der Waals surface area contributed by atoms with E-state index in [1.54, 1.807) is 0 Å². The fourth-order valence-electron chi connectivity index (χ4n) is 1.57. The van der Waals surface area contributed by atoms with E-state index >= 15 is 0 Å². The van der Waals surface area contributed by atoms with Crippen molar-refractivity contribution in [3.63, 3.8) is 0 Å². The molecule has 1 atom stereocenters. The molecule has 0 spiro atoms. The Hall–Kier alpha value is -1.30. The van der Waals surface area contributed by atoms with Gasteiger partial charge in [0.2, 0.25) is 10.0 Å². The molecule has 1 rings (SSSR count). The van der Waals surface area contributed by atoms with Gasteiger partial charge in [0.15, 0.2) is 5.25 Å². The van der Waals surface area contributed by atoms with Crippen LogP contribution in [-0.4, -0.2) is 37.1 Å². The van der Waals surface area contributed by atoms with Gasteiger partial charge in [-0.3, -0.25) is 10.0 Å². The van der Waals surface area contributed by atoms with E-state index in [0.29, 0.717) is 17.1 Å². The number of amides is 1. The number of benzene rings is 1. The van der Waals surface area contributed by atoms with Crippen LogP contribution in [-0.2, 0) is 21.0 Å². The molecule has 0 aliphatic carbocycles. The summed E-state index contributed by atoms with van der Waals surface area (Å²) in [6.07, 6.45) is -3.96. The molecule has 24 heavy (non-hydrogen) atoms. The van der Waals surface area contributed by atoms with Crippen LogP contribution in [0.5, 0.6) is 0 Å². The van der Waals surface area contributed by atoms with Crippen molar-refractivity contribution in [3.8, 4) is 0 Å². The lowest BCUT2D eigenvalue weighted by Gasteiger charge is -2.12. The van der Waals surface area contributed by atoms with Gasteiger partial charge in [0, 0.05) is 11.4 Å². The van der Waals surface area contributed by atoms with E-state index < -0.39 is 32.9 Å². The summed E-state index contributed by atoms with van der Waals surface area (Å²) in [4.78, 5) is 11.7. The van der Waals surface area contributed by atoms with Crippen molar-refractivity contribution in [2.75, 3.05) is 12.3 Å². The van der Waals surface area contributed by atoms with Crippen LogP contribution in [0.2, 0.25) is 0 Å². The van der Waals surface area contributed by atoms with E-state index in [1.165, 1.54) is 29.4 Å². The minimum atomic E-state index is -4.38. The molecule has 136 valence electrons. The number of thioether (sulfide) groups is 1. The van der Waals surface area contributed by atoms with Crippen molar-refractivity contribution in [2.24, 2.45) is 0 Å². The third-order valence-electron chi connectivity index (χ3n) is 3.02. The van der Waals surface area contributed by atoms with Crippen molar-refractivity contribution in [1.82, 2.24) is 10.2 Å². The van der Waals surface area contributed by atoms with Crippen LogP contribution in [0.15, 0.2) is 29.2 Å². The second-order valence-corrected chi connectivity index (χ2v) is 8.04. The Kier molecular flexibility index (Phi) is 7.52. The van der Waals surface area contributed by atoms with E-state index in [9.17, 15) is 26.4 Å². The first-order valence-electron chi connectivity index (χ1n) is 6.80. The molecule has 1 unspecified atom stereocenters. The molecule has 1 aromatic carbocycles. The quantitative estimate of drug-likeness (QED) is 0.275. The summed E-state index contributed by atoms with van der Waals surface area (Å²) in [7, 11) is -3.90. The summed E-state index contributed by atoms with van der Waals surface area (Å²) in [5.74, 6) is -0.560. The molecule has 11 heteroatoms. The number of hydrogen-bond acceptors (Lipinski definition) is 5. The molecular formula is C13H17F3N2O4S2. The zero-order valence-electron chi connectivity index (χ0n) is 12.6. The summed E-state index contributed by atoms with van der Waals surface area (Å²) >= 11 is 1.29. The van der Waals surface area contributed by atoms with E-state index in [0.717, 1.165) is 19.1 Å². The lowest BCUT2D eigenvalue weighted by molar-refractivity contribution is -0.137. The summed E-state index contributed by atoms with van der Waals surface area (Å²) in [5.41, 5.74) is 0.541. The van der Waals surface area contributed by atoms with E-state index in [-0.39, 0.29) is 6.54 Å². The third kappa shape index (κ3) is 6.30. The molecule has 1 amide bonds. The molecule has 0 fully saturated rings. The Morgan fingerprint density at radius 2 is 1.88 bits per heavy atom. The third-order valence-corrected chi connectivity index (χ3v) is 5.87. The van der Waals surface area contributed by atoms with Gasteiger partial charge in [0.1, 0.15) is 0 Å². The van der Waals surface area contributed by atoms with Gasteiger partial charge in [-0.15, -0.1) is 11.8 Å². The van der Waals surface area contributed by atoms with Crippen molar-refractivity contribution in [3.05, 3.63) is 29.8 Å². The maximum absolute atomic E-state index is 12.4. The molecule has 0 aliphatic heterocycles. The molecule has 6 nitrogen and oxygen atoms in total. The number of rotatable bonds is 8. The minimum absolute atomic E-state index is 0.0685. The minimum Gasteiger partial charge on any atom is -0.289 e. The Morgan fingerprint density at radius 1 is 1.29 bits per heavy atom. The smallest absolute Gasteiger partial charge is 0.289 e. The van der Waals surface area contributed by atoms with Gasteiger partial charge in [-0.05, 0) is 43.4 Å². The zero-order chi connectivity index (χ0) is 18.4. The SMILES string of the molecule is CC(C(=O)NO)S(=O)(=O)NCCCSc1ccc(C(F)(F)F)cc1. The molecule has 0 bridgehead atoms. The summed E-state index contributed by atoms with van der Waals surface area (Å²) < 4.78 is 62.9. The largest absolute Gasteiger partial charge is 0.416 e. The fourth-order valence-corrected chi connectivity index (χ4v) is 3.44. The van der Waals surface area contributed by atoms with Crippen molar-refractivity contribution in [1.29, 1.82) is 0 Å². The number of halogens is 3. The van der Waals surface area contributed by atoms with Crippen molar-refractivity contribution < 1.29 is 31.6 Å². The first-order chi connectivity index (χ1) is 11.1. The molecule has 0 saturated heterocycles. The Labute approximate surface area is 141 Å². The molecule has 1 aromatic rings. The fraction of sp³-hybridized carbons (Fsp3) is 0.462. The number of carbonyl (C=O) groups excluding carboxylic acids is 1. The van der Waals surface area contributed by atoms with Crippen LogP contribution in [0.1, 0.15) is 18.9 Å². The summed E-state index contributed by atoms with van der Waals surface area (Å²) in [6, 6.07) is 4.68. The highest BCUT2D eigenvalue weighted by Crippen LogP contribution is 2.30. The van der Waals surface area contributed by atoms with Crippen LogP contribution >= 0.6 is 11.8 Å². The molecule has 0 saturated carbocycles. The second-order valence-electron chi connectivity index (χ2n) is 4.78. The number of alkyl halides is 3. The highest BCUT2D eigenvalue weighted by molar-refractivity contribution is 7.99. The van der Waals surface area contributed by atoms with Gasteiger partial charge in [0.25, 0.3) is 5.91 Å². The van der Waals surface area contributed by atoms with E-state index in [4.69, 9.17) is 5.21 Å². The van der Waals surface area contributed by atoms with E-state index in [2.05, 4.69) is 4.72 Å². The number of sulfonamides is 1. The number of hydroxylamine groups is 1. The molecule has 0 aliphatic rings. The second kappa shape index (κ2) is 8.70. The summed E-state index contributed by atoms with van der Waals surface area (Å²) in [6.45, 7) is 1.20. The number of hydrogen-bond donors (Lipinski definition) is 3. The summed E-state index contributed by atoms with van der Waals surface area (Å²) in [5, 5.41) is 6.97. The molecule has 0 heterocycles. The maximum Gasteiger partial charge on any atom is 0.416 e. The van der Waals surface area contributed by atoms with Crippen LogP contribution in [0.3, 0.4) is 0 Å². The van der Waals surface area contributed by atoms with Crippen LogP contribution in [0, 0.1) is 0 Å². The van der Waals surface area contributed by atoms with Crippen molar-refractivity contribution >= 4 is 27.7 Å². The monoisotopic (exact) mass is 386 g/mol. The van der Waals surface area contributed by atoms with Crippen LogP contribution in [0.4, 0.5) is 13.2 Å². The highest BCUT2D eigenvalue weighted by Gasteiger charge is 2.30. The lowest BCUT2D eigenvalue weighted by Crippen LogP contribution is -2.42. The van der Waals surface area contributed by atoms with Crippen molar-refractivity contribution in [2.45, 2.75) is 29.7 Å². The standard InChI is InChI=1S/C13H17F3N2O4S2/c1-9(12(19)18-20)24(21,22)17-7-2-8-23-11-5-3-10(4-6-11)13(14,15)16/h3-6,9,17,20H,2,7-8H2,1H3,(H,18,19). The van der Waals surface area contributed by atoms with Gasteiger partial charge >= 0.3 is 6.18 Å². The van der Waals surface area contributed by atoms with Gasteiger partial charge in [0.05, 0.1) is 5.56 Å². The number of carbonyl (C=O) groups is 1. The predicted octanol–water partition coefficient (Wildman–Crippen LogP) is 2.00. The van der Waals surface area contributed by atoms with Gasteiger partial charge in [-0.1, -0.05) is 0 Å². The predicted molar refractivity (Wildman–Crippen MR) is 83.1 cm³/mol. The Balaban J connectivity index is 2.38. The average molecular weight is 386 g/mol. The van der Waals surface area contributed by atoms with Crippen LogP contribution < -0.4 is 10.2 Å². The molecule has 0 radical (unpaired) electrons. The van der Waals surface area contributed by atoms with Gasteiger partial charge in [-0.2, -0.15) is 13.2 Å². The average Bonchev–Trinajstić information content (AvgIpc) is 2.52. The van der Waals surface area contributed by atoms with Gasteiger partial charge in [-0.25, -0.2) is 18.6 Å².